The summed E-state index contributed by atoms with van der Waals surface area (Å²) < 4.78 is 1.93. The molecule has 2 aromatic rings. The quantitative estimate of drug-likeness (QED) is 0.780. The van der Waals surface area contributed by atoms with Gasteiger partial charge in [0.1, 0.15) is 12.2 Å². The second-order valence-electron chi connectivity index (χ2n) is 4.11. The number of nitrogens with two attached hydrogens (primary N) is 1. The highest BCUT2D eigenvalue weighted by molar-refractivity contribution is 5.56. The number of nitrogen functional groups attached to an aromatic ring is 1. The van der Waals surface area contributed by atoms with Gasteiger partial charge in [-0.05, 0) is 30.7 Å². The molecule has 0 bridgehead atoms. The summed E-state index contributed by atoms with van der Waals surface area (Å²) in [5.74, 6) is 0.977. The normalized spacial score (nSPS) is 10.5. The van der Waals surface area contributed by atoms with Gasteiger partial charge in [0.2, 0.25) is 0 Å². The molecule has 0 aliphatic heterocycles. The molecule has 0 amide bonds. The van der Waals surface area contributed by atoms with Crippen LogP contribution in [0.1, 0.15) is 11.4 Å². The molecule has 2 rings (SSSR count). The predicted octanol–water partition coefficient (Wildman–Crippen LogP) is 1.36. The lowest BCUT2D eigenvalue weighted by Crippen LogP contribution is -2.08. The van der Waals surface area contributed by atoms with Crippen LogP contribution < -0.4 is 11.1 Å². The third kappa shape index (κ3) is 2.75. The van der Waals surface area contributed by atoms with Gasteiger partial charge in [0.25, 0.3) is 0 Å². The van der Waals surface area contributed by atoms with Gasteiger partial charge in [-0.15, -0.1) is 10.2 Å². The minimum Gasteiger partial charge on any atom is -0.399 e. The van der Waals surface area contributed by atoms with Crippen molar-refractivity contribution in [2.75, 3.05) is 17.6 Å². The number of rotatable bonds is 4. The van der Waals surface area contributed by atoms with Crippen LogP contribution in [-0.2, 0) is 13.5 Å². The SMILES string of the molecule is Cc1cc(NCCc2nncn2C)ccc1N. The summed E-state index contributed by atoms with van der Waals surface area (Å²) in [4.78, 5) is 0. The van der Waals surface area contributed by atoms with Crippen molar-refractivity contribution in [2.24, 2.45) is 7.05 Å². The first kappa shape index (κ1) is 11.4. The number of nitrogens with one attached hydrogen (secondary N) is 1. The lowest BCUT2D eigenvalue weighted by atomic mass is 10.2. The van der Waals surface area contributed by atoms with Crippen molar-refractivity contribution in [3.8, 4) is 0 Å². The second-order valence-corrected chi connectivity index (χ2v) is 4.11. The molecule has 0 radical (unpaired) electrons. The summed E-state index contributed by atoms with van der Waals surface area (Å²) in [5.41, 5.74) is 8.76. The van der Waals surface area contributed by atoms with Crippen LogP contribution >= 0.6 is 0 Å². The molecule has 0 saturated heterocycles. The molecule has 0 aliphatic carbocycles. The summed E-state index contributed by atoms with van der Waals surface area (Å²) in [6.07, 6.45) is 2.56. The Hall–Kier alpha value is -2.04. The zero-order valence-corrected chi connectivity index (χ0v) is 10.1. The number of aryl methyl sites for hydroxylation is 2. The molecule has 0 spiro atoms. The molecule has 1 aromatic heterocycles. The number of aromatic nitrogens is 3. The highest BCUT2D eigenvalue weighted by Crippen LogP contribution is 2.16. The fourth-order valence-corrected chi connectivity index (χ4v) is 1.64. The topological polar surface area (TPSA) is 68.8 Å². The number of benzene rings is 1. The molecular formula is C12H17N5. The smallest absolute Gasteiger partial charge is 0.134 e. The molecule has 0 atom stereocenters. The highest BCUT2D eigenvalue weighted by atomic mass is 15.2. The third-order valence-electron chi connectivity index (χ3n) is 2.75. The van der Waals surface area contributed by atoms with Crippen molar-refractivity contribution in [1.29, 1.82) is 0 Å². The molecule has 0 unspecified atom stereocenters. The van der Waals surface area contributed by atoms with E-state index in [4.69, 9.17) is 5.73 Å². The van der Waals surface area contributed by atoms with Crippen LogP contribution in [0, 0.1) is 6.92 Å². The van der Waals surface area contributed by atoms with E-state index in [-0.39, 0.29) is 0 Å². The fraction of sp³-hybridized carbons (Fsp3) is 0.333. The van der Waals surface area contributed by atoms with Crippen molar-refractivity contribution in [1.82, 2.24) is 14.8 Å². The van der Waals surface area contributed by atoms with Crippen molar-refractivity contribution in [3.63, 3.8) is 0 Å². The van der Waals surface area contributed by atoms with E-state index in [1.807, 2.05) is 36.7 Å². The lowest BCUT2D eigenvalue weighted by Gasteiger charge is -2.08. The standard InChI is InChI=1S/C12H17N5/c1-9-7-10(3-4-11(9)13)14-6-5-12-16-15-8-17(12)2/h3-4,7-8,14H,5-6,13H2,1-2H3. The Bertz CT molecular complexity index is 503. The van der Waals surface area contributed by atoms with E-state index in [2.05, 4.69) is 15.5 Å². The first-order valence-corrected chi connectivity index (χ1v) is 5.59. The Balaban J connectivity index is 1.90. The van der Waals surface area contributed by atoms with Gasteiger partial charge >= 0.3 is 0 Å². The molecule has 0 aliphatic rings. The van der Waals surface area contributed by atoms with Gasteiger partial charge in [0, 0.05) is 31.4 Å². The maximum atomic E-state index is 5.77. The Morgan fingerprint density at radius 1 is 1.41 bits per heavy atom. The average molecular weight is 231 g/mol. The van der Waals surface area contributed by atoms with Crippen LogP contribution in [0.2, 0.25) is 0 Å². The van der Waals surface area contributed by atoms with Crippen LogP contribution in [0.4, 0.5) is 11.4 Å². The minimum absolute atomic E-state index is 0.823. The zero-order chi connectivity index (χ0) is 12.3. The number of anilines is 2. The van der Waals surface area contributed by atoms with E-state index >= 15 is 0 Å². The van der Waals surface area contributed by atoms with Gasteiger partial charge in [-0.3, -0.25) is 0 Å². The predicted molar refractivity (Wildman–Crippen MR) is 68.8 cm³/mol. The van der Waals surface area contributed by atoms with Gasteiger partial charge < -0.3 is 15.6 Å². The largest absolute Gasteiger partial charge is 0.399 e. The summed E-state index contributed by atoms with van der Waals surface area (Å²) >= 11 is 0. The van der Waals surface area contributed by atoms with Crippen LogP contribution in [0.5, 0.6) is 0 Å². The molecular weight excluding hydrogens is 214 g/mol. The van der Waals surface area contributed by atoms with Crippen molar-refractivity contribution in [2.45, 2.75) is 13.3 Å². The summed E-state index contributed by atoms with van der Waals surface area (Å²) in [6, 6.07) is 5.95. The van der Waals surface area contributed by atoms with E-state index < -0.39 is 0 Å². The van der Waals surface area contributed by atoms with Crippen LogP contribution in [0.3, 0.4) is 0 Å². The Morgan fingerprint density at radius 2 is 2.24 bits per heavy atom. The maximum absolute atomic E-state index is 5.77. The Kier molecular flexibility index (Phi) is 3.27. The van der Waals surface area contributed by atoms with E-state index in [1.54, 1.807) is 6.33 Å². The van der Waals surface area contributed by atoms with Gasteiger partial charge in [0.05, 0.1) is 0 Å². The van der Waals surface area contributed by atoms with Crippen molar-refractivity contribution in [3.05, 3.63) is 35.9 Å². The zero-order valence-electron chi connectivity index (χ0n) is 10.1. The van der Waals surface area contributed by atoms with Gasteiger partial charge in [0.15, 0.2) is 0 Å². The van der Waals surface area contributed by atoms with Gasteiger partial charge in [-0.2, -0.15) is 0 Å². The minimum atomic E-state index is 0.823. The first-order valence-electron chi connectivity index (χ1n) is 5.59. The first-order chi connectivity index (χ1) is 8.16. The molecule has 0 fully saturated rings. The molecule has 90 valence electrons. The molecule has 5 nitrogen and oxygen atoms in total. The van der Waals surface area contributed by atoms with Crippen LogP contribution in [-0.4, -0.2) is 21.3 Å². The molecule has 3 N–H and O–H groups in total. The van der Waals surface area contributed by atoms with Crippen LogP contribution in [0.15, 0.2) is 24.5 Å². The van der Waals surface area contributed by atoms with Gasteiger partial charge in [-0.1, -0.05) is 0 Å². The third-order valence-corrected chi connectivity index (χ3v) is 2.75. The molecule has 5 heteroatoms. The summed E-state index contributed by atoms with van der Waals surface area (Å²) in [6.45, 7) is 2.83. The van der Waals surface area contributed by atoms with Crippen molar-refractivity contribution < 1.29 is 0 Å². The molecule has 17 heavy (non-hydrogen) atoms. The molecule has 1 aromatic carbocycles. The van der Waals surface area contributed by atoms with E-state index in [0.717, 1.165) is 35.7 Å². The monoisotopic (exact) mass is 231 g/mol. The van der Waals surface area contributed by atoms with E-state index in [9.17, 15) is 0 Å². The summed E-state index contributed by atoms with van der Waals surface area (Å²) in [7, 11) is 1.95. The Morgan fingerprint density at radius 3 is 2.88 bits per heavy atom. The lowest BCUT2D eigenvalue weighted by molar-refractivity contribution is 0.788. The van der Waals surface area contributed by atoms with Crippen molar-refractivity contribution >= 4 is 11.4 Å². The van der Waals surface area contributed by atoms with E-state index in [1.165, 1.54) is 0 Å². The molecule has 0 saturated carbocycles. The number of hydrogen-bond donors (Lipinski definition) is 2. The number of hydrogen-bond acceptors (Lipinski definition) is 4. The average Bonchev–Trinajstić information content (AvgIpc) is 2.70. The number of nitrogens with zero attached hydrogens (tertiary/aromatic N) is 3. The summed E-state index contributed by atoms with van der Waals surface area (Å²) in [5, 5.41) is 11.2. The highest BCUT2D eigenvalue weighted by Gasteiger charge is 2.00. The maximum Gasteiger partial charge on any atom is 0.134 e. The second kappa shape index (κ2) is 4.86. The molecule has 1 heterocycles. The van der Waals surface area contributed by atoms with Gasteiger partial charge in [-0.25, -0.2) is 0 Å². The van der Waals surface area contributed by atoms with Crippen LogP contribution in [0.25, 0.3) is 0 Å². The fourth-order valence-electron chi connectivity index (χ4n) is 1.64. The van der Waals surface area contributed by atoms with E-state index in [0.29, 0.717) is 0 Å². The Labute approximate surface area is 101 Å².